The minimum Gasteiger partial charge on any atom is -0.481 e. The summed E-state index contributed by atoms with van der Waals surface area (Å²) < 4.78 is 26.6. The van der Waals surface area contributed by atoms with Gasteiger partial charge < -0.3 is 15.3 Å². The maximum absolute atomic E-state index is 13.2. The van der Waals surface area contributed by atoms with Gasteiger partial charge in [-0.15, -0.1) is 0 Å². The lowest BCUT2D eigenvalue weighted by molar-refractivity contribution is -0.143. The molecule has 1 aliphatic heterocycles. The van der Waals surface area contributed by atoms with E-state index in [0.717, 1.165) is 12.1 Å². The lowest BCUT2D eigenvalue weighted by Gasteiger charge is -2.30. The first-order valence-corrected chi connectivity index (χ1v) is 7.56. The highest BCUT2D eigenvalue weighted by molar-refractivity contribution is 9.10. The Kier molecular flexibility index (Phi) is 5.33. The van der Waals surface area contributed by atoms with Crippen molar-refractivity contribution in [1.29, 1.82) is 0 Å². The number of carboxylic acids is 1. The van der Waals surface area contributed by atoms with Crippen LogP contribution in [0.25, 0.3) is 0 Å². The Morgan fingerprint density at radius 3 is 2.73 bits per heavy atom. The van der Waals surface area contributed by atoms with E-state index < -0.39 is 29.6 Å². The van der Waals surface area contributed by atoms with Gasteiger partial charge in [-0.05, 0) is 30.5 Å². The number of nitrogens with one attached hydrogen (secondary N) is 1. The molecule has 8 heteroatoms. The van der Waals surface area contributed by atoms with E-state index >= 15 is 0 Å². The van der Waals surface area contributed by atoms with Gasteiger partial charge in [0.2, 0.25) is 0 Å². The summed E-state index contributed by atoms with van der Waals surface area (Å²) in [6.45, 7) is 0.652. The molecular formula is C14H15BrF2N2O3. The first-order valence-electron chi connectivity index (χ1n) is 6.77. The molecule has 0 radical (unpaired) electrons. The molecule has 2 amide bonds. The van der Waals surface area contributed by atoms with Gasteiger partial charge >= 0.3 is 12.0 Å². The number of hydrogen-bond donors (Lipinski definition) is 2. The summed E-state index contributed by atoms with van der Waals surface area (Å²) in [5.74, 6) is -3.44. The molecule has 1 atom stereocenters. The van der Waals surface area contributed by atoms with E-state index in [1.54, 1.807) is 0 Å². The van der Waals surface area contributed by atoms with Crippen molar-refractivity contribution >= 4 is 27.9 Å². The van der Waals surface area contributed by atoms with E-state index in [1.807, 2.05) is 0 Å². The summed E-state index contributed by atoms with van der Waals surface area (Å²) in [5, 5.41) is 11.6. The molecule has 1 fully saturated rings. The third-order valence-electron chi connectivity index (χ3n) is 3.58. The number of rotatable bonds is 3. The largest absolute Gasteiger partial charge is 0.481 e. The van der Waals surface area contributed by atoms with Crippen LogP contribution in [-0.4, -0.2) is 35.1 Å². The number of halogens is 3. The molecule has 0 aliphatic carbocycles. The summed E-state index contributed by atoms with van der Waals surface area (Å²) in [6, 6.07) is 1.59. The number of benzene rings is 1. The zero-order valence-corrected chi connectivity index (χ0v) is 13.2. The zero-order valence-electron chi connectivity index (χ0n) is 11.6. The van der Waals surface area contributed by atoms with Crippen LogP contribution in [0.15, 0.2) is 16.6 Å². The van der Waals surface area contributed by atoms with Gasteiger partial charge in [0.1, 0.15) is 0 Å². The number of carboxylic acid groups (broad SMARTS) is 1. The van der Waals surface area contributed by atoms with Crippen molar-refractivity contribution in [1.82, 2.24) is 10.2 Å². The monoisotopic (exact) mass is 376 g/mol. The summed E-state index contributed by atoms with van der Waals surface area (Å²) in [6.07, 6.45) is 1.17. The Hall–Kier alpha value is -1.70. The second kappa shape index (κ2) is 7.04. The van der Waals surface area contributed by atoms with Crippen LogP contribution >= 0.6 is 15.9 Å². The fraction of sp³-hybridized carbons (Fsp3) is 0.429. The van der Waals surface area contributed by atoms with E-state index in [1.165, 1.54) is 4.90 Å². The number of likely N-dealkylation sites (tertiary alicyclic amines) is 1. The SMILES string of the molecule is O=C(O)C1CCCN(C(=O)NCc2cc(F)c(F)cc2Br)C1. The standard InChI is InChI=1S/C14H15BrF2N2O3/c15-10-5-12(17)11(16)4-9(10)6-18-14(22)19-3-1-2-8(7-19)13(20)21/h4-5,8H,1-3,6-7H2,(H,18,22)(H,20,21). The molecule has 1 aliphatic rings. The lowest BCUT2D eigenvalue weighted by Crippen LogP contribution is -2.46. The summed E-state index contributed by atoms with van der Waals surface area (Å²) >= 11 is 3.11. The quantitative estimate of drug-likeness (QED) is 0.796. The zero-order chi connectivity index (χ0) is 16.3. The molecule has 1 aromatic carbocycles. The molecule has 22 heavy (non-hydrogen) atoms. The van der Waals surface area contributed by atoms with Gasteiger partial charge in [0.05, 0.1) is 5.92 Å². The number of nitrogens with zero attached hydrogens (tertiary/aromatic N) is 1. The van der Waals surface area contributed by atoms with Crippen LogP contribution in [-0.2, 0) is 11.3 Å². The average Bonchev–Trinajstić information content (AvgIpc) is 2.49. The second-order valence-electron chi connectivity index (χ2n) is 5.14. The molecule has 1 unspecified atom stereocenters. The predicted octanol–water partition coefficient (Wildman–Crippen LogP) is 2.73. The lowest BCUT2D eigenvalue weighted by atomic mass is 9.99. The topological polar surface area (TPSA) is 69.6 Å². The number of amides is 2. The molecule has 5 nitrogen and oxygen atoms in total. The van der Waals surface area contributed by atoms with Gasteiger partial charge in [-0.3, -0.25) is 4.79 Å². The summed E-state index contributed by atoms with van der Waals surface area (Å²) in [7, 11) is 0. The van der Waals surface area contributed by atoms with Crippen molar-refractivity contribution in [2.75, 3.05) is 13.1 Å². The summed E-state index contributed by atoms with van der Waals surface area (Å²) in [4.78, 5) is 24.4. The molecule has 120 valence electrons. The molecule has 2 rings (SSSR count). The third kappa shape index (κ3) is 3.94. The molecule has 1 heterocycles. The van der Waals surface area contributed by atoms with Crippen LogP contribution in [0.3, 0.4) is 0 Å². The van der Waals surface area contributed by atoms with E-state index in [0.29, 0.717) is 29.4 Å². The molecule has 0 saturated carbocycles. The maximum atomic E-state index is 13.2. The van der Waals surface area contributed by atoms with Crippen LogP contribution in [0, 0.1) is 17.6 Å². The van der Waals surface area contributed by atoms with E-state index in [9.17, 15) is 18.4 Å². The molecule has 0 aromatic heterocycles. The Morgan fingerprint density at radius 1 is 1.36 bits per heavy atom. The molecule has 0 bridgehead atoms. The van der Waals surface area contributed by atoms with Gasteiger partial charge in [-0.1, -0.05) is 15.9 Å². The van der Waals surface area contributed by atoms with Crippen LogP contribution in [0.2, 0.25) is 0 Å². The highest BCUT2D eigenvalue weighted by atomic mass is 79.9. The number of carbonyl (C=O) groups excluding carboxylic acids is 1. The minimum atomic E-state index is -0.989. The van der Waals surface area contributed by atoms with Gasteiger partial charge in [0, 0.05) is 24.1 Å². The molecule has 0 spiro atoms. The molecule has 1 aromatic rings. The minimum absolute atomic E-state index is 0.0187. The fourth-order valence-electron chi connectivity index (χ4n) is 2.35. The number of hydrogen-bond acceptors (Lipinski definition) is 2. The highest BCUT2D eigenvalue weighted by Crippen LogP contribution is 2.21. The van der Waals surface area contributed by atoms with Crippen LogP contribution in [0.1, 0.15) is 18.4 Å². The van der Waals surface area contributed by atoms with E-state index in [2.05, 4.69) is 21.2 Å². The van der Waals surface area contributed by atoms with E-state index in [4.69, 9.17) is 5.11 Å². The predicted molar refractivity (Wildman–Crippen MR) is 78.2 cm³/mol. The highest BCUT2D eigenvalue weighted by Gasteiger charge is 2.28. The fourth-order valence-corrected chi connectivity index (χ4v) is 2.80. The summed E-state index contributed by atoms with van der Waals surface area (Å²) in [5.41, 5.74) is 0.402. The number of aliphatic carboxylic acids is 1. The van der Waals surface area contributed by atoms with Crippen molar-refractivity contribution in [3.05, 3.63) is 33.8 Å². The van der Waals surface area contributed by atoms with Crippen molar-refractivity contribution in [2.24, 2.45) is 5.92 Å². The van der Waals surface area contributed by atoms with Crippen molar-refractivity contribution in [2.45, 2.75) is 19.4 Å². The Balaban J connectivity index is 1.95. The first kappa shape index (κ1) is 16.7. The van der Waals surface area contributed by atoms with Crippen molar-refractivity contribution < 1.29 is 23.5 Å². The second-order valence-corrected chi connectivity index (χ2v) is 5.99. The first-order chi connectivity index (χ1) is 10.4. The third-order valence-corrected chi connectivity index (χ3v) is 4.32. The van der Waals surface area contributed by atoms with Crippen molar-refractivity contribution in [3.8, 4) is 0 Å². The van der Waals surface area contributed by atoms with Crippen LogP contribution < -0.4 is 5.32 Å². The van der Waals surface area contributed by atoms with Crippen LogP contribution in [0.5, 0.6) is 0 Å². The van der Waals surface area contributed by atoms with Gasteiger partial charge in [0.15, 0.2) is 11.6 Å². The van der Waals surface area contributed by atoms with Gasteiger partial charge in [-0.2, -0.15) is 0 Å². The molecular weight excluding hydrogens is 362 g/mol. The molecule has 2 N–H and O–H groups in total. The van der Waals surface area contributed by atoms with Gasteiger partial charge in [-0.25, -0.2) is 13.6 Å². The van der Waals surface area contributed by atoms with Crippen molar-refractivity contribution in [3.63, 3.8) is 0 Å². The van der Waals surface area contributed by atoms with E-state index in [-0.39, 0.29) is 13.1 Å². The Morgan fingerprint density at radius 2 is 2.05 bits per heavy atom. The van der Waals surface area contributed by atoms with Gasteiger partial charge in [0.25, 0.3) is 0 Å². The Labute approximate surface area is 134 Å². The normalized spacial score (nSPS) is 18.1. The number of carbonyl (C=O) groups is 2. The number of urea groups is 1. The molecule has 1 saturated heterocycles. The maximum Gasteiger partial charge on any atom is 0.317 e. The van der Waals surface area contributed by atoms with Crippen LogP contribution in [0.4, 0.5) is 13.6 Å². The Bertz CT molecular complexity index is 598. The number of piperidine rings is 1. The smallest absolute Gasteiger partial charge is 0.317 e. The average molecular weight is 377 g/mol.